The first-order valence-corrected chi connectivity index (χ1v) is 16.6. The second-order valence-corrected chi connectivity index (χ2v) is 15.4. The molecule has 2 heteroatoms. The number of anilines is 4. The molecule has 0 saturated carbocycles. The molecule has 0 aliphatic heterocycles. The average Bonchev–Trinajstić information content (AvgIpc) is 2.98. The van der Waals surface area contributed by atoms with E-state index in [0.717, 1.165) is 42.0 Å². The van der Waals surface area contributed by atoms with Crippen LogP contribution in [0.1, 0.15) is 104 Å². The first-order valence-electron chi connectivity index (χ1n) is 16.6. The molecule has 0 aromatic heterocycles. The number of nitrogens with one attached hydrogen (secondary N) is 2. The lowest BCUT2D eigenvalue weighted by Gasteiger charge is -2.42. The second kappa shape index (κ2) is 13.2. The van der Waals surface area contributed by atoms with Gasteiger partial charge in [0.2, 0.25) is 0 Å². The minimum Gasteiger partial charge on any atom is -0.356 e. The van der Waals surface area contributed by atoms with Gasteiger partial charge in [0.05, 0.1) is 0 Å². The van der Waals surface area contributed by atoms with E-state index in [4.69, 9.17) is 0 Å². The highest BCUT2D eigenvalue weighted by Crippen LogP contribution is 2.44. The van der Waals surface area contributed by atoms with Crippen molar-refractivity contribution in [3.05, 3.63) is 119 Å². The van der Waals surface area contributed by atoms with Gasteiger partial charge in [0, 0.05) is 22.7 Å². The van der Waals surface area contributed by atoms with Crippen LogP contribution in [-0.4, -0.2) is 0 Å². The monoisotopic (exact) mass is 588 g/mol. The van der Waals surface area contributed by atoms with Crippen LogP contribution in [0.5, 0.6) is 0 Å². The molecule has 2 N–H and O–H groups in total. The van der Waals surface area contributed by atoms with E-state index in [1.807, 2.05) is 0 Å². The molecule has 0 unspecified atom stereocenters. The molecule has 0 aliphatic rings. The predicted molar refractivity (Wildman–Crippen MR) is 194 cm³/mol. The van der Waals surface area contributed by atoms with Crippen molar-refractivity contribution < 1.29 is 0 Å². The fourth-order valence-corrected chi connectivity index (χ4v) is 5.94. The highest BCUT2D eigenvalue weighted by atomic mass is 14.9. The minimum absolute atomic E-state index is 0.0119. The van der Waals surface area contributed by atoms with Gasteiger partial charge in [-0.05, 0) is 105 Å². The first-order chi connectivity index (χ1) is 20.6. The molecule has 0 aliphatic carbocycles. The first kappa shape index (κ1) is 33.4. The van der Waals surface area contributed by atoms with E-state index in [9.17, 15) is 0 Å². The zero-order valence-corrected chi connectivity index (χ0v) is 29.1. The van der Waals surface area contributed by atoms with E-state index in [2.05, 4.69) is 177 Å². The molecule has 0 heterocycles. The van der Waals surface area contributed by atoms with Crippen molar-refractivity contribution in [3.63, 3.8) is 0 Å². The quantitative estimate of drug-likeness (QED) is 0.162. The average molecular weight is 589 g/mol. The lowest BCUT2D eigenvalue weighted by Crippen LogP contribution is -2.36. The largest absolute Gasteiger partial charge is 0.356 e. The Morgan fingerprint density at radius 2 is 0.955 bits per heavy atom. The molecule has 0 radical (unpaired) electrons. The van der Waals surface area contributed by atoms with Crippen LogP contribution in [0.4, 0.5) is 22.7 Å². The van der Waals surface area contributed by atoms with Gasteiger partial charge < -0.3 is 10.6 Å². The summed E-state index contributed by atoms with van der Waals surface area (Å²) in [5.41, 5.74) is 10.6. The number of rotatable bonds is 13. The zero-order valence-electron chi connectivity index (χ0n) is 29.1. The number of hydrogen-bond donors (Lipinski definition) is 2. The lowest BCUT2D eigenvalue weighted by molar-refractivity contribution is 0.189. The van der Waals surface area contributed by atoms with Crippen LogP contribution in [0.3, 0.4) is 0 Å². The zero-order chi connectivity index (χ0) is 32.2. The summed E-state index contributed by atoms with van der Waals surface area (Å²) < 4.78 is 0. The maximum absolute atomic E-state index is 3.63. The molecule has 4 rings (SSSR count). The van der Waals surface area contributed by atoms with E-state index in [-0.39, 0.29) is 16.2 Å². The third kappa shape index (κ3) is 8.14. The Labute approximate surface area is 268 Å². The fraction of sp³-hybridized carbons (Fsp3) is 0.429. The molecule has 0 spiro atoms. The molecule has 0 saturated heterocycles. The van der Waals surface area contributed by atoms with Crippen LogP contribution >= 0.6 is 0 Å². The van der Waals surface area contributed by atoms with Crippen molar-refractivity contribution in [1.82, 2.24) is 0 Å². The Hall–Kier alpha value is -3.52. The summed E-state index contributed by atoms with van der Waals surface area (Å²) in [6.45, 7) is 23.6. The maximum atomic E-state index is 3.63. The smallest absolute Gasteiger partial charge is 0.0386 e. The van der Waals surface area contributed by atoms with Gasteiger partial charge >= 0.3 is 0 Å². The summed E-state index contributed by atoms with van der Waals surface area (Å²) in [6, 6.07) is 35.6. The van der Waals surface area contributed by atoms with Crippen molar-refractivity contribution >= 4 is 22.7 Å². The van der Waals surface area contributed by atoms with E-state index in [1.54, 1.807) is 0 Å². The van der Waals surface area contributed by atoms with Gasteiger partial charge in [-0.3, -0.25) is 0 Å². The molecule has 0 amide bonds. The molecule has 234 valence electrons. The fourth-order valence-electron chi connectivity index (χ4n) is 5.94. The van der Waals surface area contributed by atoms with Crippen LogP contribution in [0.15, 0.2) is 97.1 Å². The lowest BCUT2D eigenvalue weighted by atomic mass is 9.62. The summed E-state index contributed by atoms with van der Waals surface area (Å²) in [6.07, 6.45) is 4.38. The standard InChI is InChI=1S/C42H56N2/c1-11-39(3,4)29-31-16-13-20-37(26-31)43-35-22-24-36(25-23-35)44-38-21-14-17-32(27-38)30-40(5,6)33-18-15-19-34(28-33)42(9,10)41(7,8)12-2/h13-28,43-44H,11-12,29-30H2,1-10H3. The molecule has 2 nitrogen and oxygen atoms in total. The minimum atomic E-state index is 0.0119. The van der Waals surface area contributed by atoms with E-state index in [0.29, 0.717) is 5.41 Å². The second-order valence-electron chi connectivity index (χ2n) is 15.4. The van der Waals surface area contributed by atoms with E-state index in [1.165, 1.54) is 28.7 Å². The highest BCUT2D eigenvalue weighted by molar-refractivity contribution is 5.66. The summed E-state index contributed by atoms with van der Waals surface area (Å²) >= 11 is 0. The molecular formula is C42H56N2. The number of benzene rings is 4. The molecular weight excluding hydrogens is 532 g/mol. The topological polar surface area (TPSA) is 24.1 Å². The van der Waals surface area contributed by atoms with E-state index >= 15 is 0 Å². The van der Waals surface area contributed by atoms with Gasteiger partial charge in [0.25, 0.3) is 0 Å². The Morgan fingerprint density at radius 3 is 1.45 bits per heavy atom. The van der Waals surface area contributed by atoms with Crippen molar-refractivity contribution in [2.75, 3.05) is 10.6 Å². The van der Waals surface area contributed by atoms with Gasteiger partial charge in [0.15, 0.2) is 0 Å². The van der Waals surface area contributed by atoms with Crippen LogP contribution in [0, 0.1) is 10.8 Å². The van der Waals surface area contributed by atoms with Gasteiger partial charge in [0.1, 0.15) is 0 Å². The van der Waals surface area contributed by atoms with Crippen molar-refractivity contribution in [2.45, 2.75) is 106 Å². The molecule has 0 fully saturated rings. The third-order valence-electron chi connectivity index (χ3n) is 10.5. The van der Waals surface area contributed by atoms with Crippen molar-refractivity contribution in [1.29, 1.82) is 0 Å². The predicted octanol–water partition coefficient (Wildman–Crippen LogP) is 12.4. The summed E-state index contributed by atoms with van der Waals surface area (Å²) in [5, 5.41) is 7.21. The molecule has 0 atom stereocenters. The Balaban J connectivity index is 1.43. The summed E-state index contributed by atoms with van der Waals surface area (Å²) in [4.78, 5) is 0. The maximum Gasteiger partial charge on any atom is 0.0386 e. The highest BCUT2D eigenvalue weighted by Gasteiger charge is 2.37. The van der Waals surface area contributed by atoms with Crippen LogP contribution < -0.4 is 10.6 Å². The van der Waals surface area contributed by atoms with Gasteiger partial charge in [-0.15, -0.1) is 0 Å². The molecule has 0 bridgehead atoms. The third-order valence-corrected chi connectivity index (χ3v) is 10.5. The van der Waals surface area contributed by atoms with Crippen molar-refractivity contribution in [2.24, 2.45) is 10.8 Å². The Morgan fingerprint density at radius 1 is 0.477 bits per heavy atom. The van der Waals surface area contributed by atoms with Gasteiger partial charge in [-0.1, -0.05) is 131 Å². The molecule has 44 heavy (non-hydrogen) atoms. The SMILES string of the molecule is CCC(C)(C)Cc1cccc(Nc2ccc(Nc3cccc(CC(C)(C)c4cccc(C(C)(C)C(C)(C)CC)c4)c3)cc2)c1. The van der Waals surface area contributed by atoms with Crippen molar-refractivity contribution in [3.8, 4) is 0 Å². The van der Waals surface area contributed by atoms with Crippen LogP contribution in [0.25, 0.3) is 0 Å². The normalized spacial score (nSPS) is 12.7. The van der Waals surface area contributed by atoms with Gasteiger partial charge in [-0.2, -0.15) is 0 Å². The Bertz CT molecular complexity index is 1520. The molecule has 4 aromatic rings. The number of hydrogen-bond acceptors (Lipinski definition) is 2. The summed E-state index contributed by atoms with van der Waals surface area (Å²) in [5.74, 6) is 0. The Kier molecular flexibility index (Phi) is 10.0. The molecule has 4 aromatic carbocycles. The van der Waals surface area contributed by atoms with Gasteiger partial charge in [-0.25, -0.2) is 0 Å². The van der Waals surface area contributed by atoms with E-state index < -0.39 is 0 Å². The van der Waals surface area contributed by atoms with Crippen LogP contribution in [0.2, 0.25) is 0 Å². The summed E-state index contributed by atoms with van der Waals surface area (Å²) in [7, 11) is 0. The van der Waals surface area contributed by atoms with Crippen LogP contribution in [-0.2, 0) is 23.7 Å².